The standard InChI is InChI=1S/C13H14BrF3O/c1-2-10(6-7-14)9-18-12-5-3-4-11(8-12)13(15,16)17/h3-8,10H,2,9H2,1H3. The summed E-state index contributed by atoms with van der Waals surface area (Å²) in [6.45, 7) is 2.35. The van der Waals surface area contributed by atoms with Gasteiger partial charge in [0.25, 0.3) is 0 Å². The van der Waals surface area contributed by atoms with Crippen molar-refractivity contribution in [3.63, 3.8) is 0 Å². The summed E-state index contributed by atoms with van der Waals surface area (Å²) in [4.78, 5) is 1.73. The first-order valence-corrected chi connectivity index (χ1v) is 6.46. The van der Waals surface area contributed by atoms with Gasteiger partial charge in [0.1, 0.15) is 5.75 Å². The lowest BCUT2D eigenvalue weighted by atomic mass is 10.1. The molecule has 1 aromatic carbocycles. The van der Waals surface area contributed by atoms with E-state index in [1.807, 2.05) is 13.0 Å². The van der Waals surface area contributed by atoms with Crippen molar-refractivity contribution in [2.75, 3.05) is 6.61 Å². The van der Waals surface area contributed by atoms with E-state index < -0.39 is 11.7 Å². The third kappa shape index (κ3) is 4.72. The molecule has 1 rings (SSSR count). The predicted octanol–water partition coefficient (Wildman–Crippen LogP) is 5.02. The minimum absolute atomic E-state index is 0.180. The molecule has 0 saturated heterocycles. The van der Waals surface area contributed by atoms with Crippen molar-refractivity contribution in [1.82, 2.24) is 0 Å². The van der Waals surface area contributed by atoms with Gasteiger partial charge in [-0.15, -0.1) is 0 Å². The molecule has 18 heavy (non-hydrogen) atoms. The van der Waals surface area contributed by atoms with E-state index in [-0.39, 0.29) is 11.7 Å². The van der Waals surface area contributed by atoms with Crippen molar-refractivity contribution in [1.29, 1.82) is 0 Å². The number of rotatable bonds is 5. The number of alkyl halides is 3. The number of ether oxygens (including phenoxy) is 1. The highest BCUT2D eigenvalue weighted by Crippen LogP contribution is 2.31. The second-order valence-corrected chi connectivity index (χ2v) is 4.35. The molecule has 0 fully saturated rings. The number of hydrogen-bond acceptors (Lipinski definition) is 1. The maximum atomic E-state index is 12.5. The van der Waals surface area contributed by atoms with Crippen LogP contribution >= 0.6 is 15.9 Å². The number of halogens is 4. The highest BCUT2D eigenvalue weighted by Gasteiger charge is 2.30. The zero-order valence-corrected chi connectivity index (χ0v) is 11.5. The minimum atomic E-state index is -4.33. The fourth-order valence-electron chi connectivity index (χ4n) is 1.38. The maximum absolute atomic E-state index is 12.5. The summed E-state index contributed by atoms with van der Waals surface area (Å²) in [5, 5.41) is 0. The molecule has 0 saturated carbocycles. The van der Waals surface area contributed by atoms with Crippen LogP contribution in [-0.2, 0) is 6.18 Å². The van der Waals surface area contributed by atoms with Crippen molar-refractivity contribution in [3.05, 3.63) is 40.9 Å². The Morgan fingerprint density at radius 3 is 2.67 bits per heavy atom. The lowest BCUT2D eigenvalue weighted by Gasteiger charge is -2.13. The van der Waals surface area contributed by atoms with Crippen LogP contribution in [0.4, 0.5) is 13.2 Å². The second-order valence-electron chi connectivity index (χ2n) is 3.82. The average molecular weight is 323 g/mol. The first-order valence-electron chi connectivity index (χ1n) is 5.54. The van der Waals surface area contributed by atoms with E-state index in [9.17, 15) is 13.2 Å². The van der Waals surface area contributed by atoms with E-state index in [4.69, 9.17) is 4.74 Å². The van der Waals surface area contributed by atoms with Gasteiger partial charge in [0, 0.05) is 5.92 Å². The molecule has 1 unspecified atom stereocenters. The van der Waals surface area contributed by atoms with E-state index in [0.717, 1.165) is 18.6 Å². The largest absolute Gasteiger partial charge is 0.493 e. The van der Waals surface area contributed by atoms with Gasteiger partial charge in [0.05, 0.1) is 12.2 Å². The molecule has 0 aliphatic rings. The summed E-state index contributed by atoms with van der Waals surface area (Å²) in [5.41, 5.74) is -0.691. The Labute approximate surface area is 113 Å². The van der Waals surface area contributed by atoms with Crippen molar-refractivity contribution < 1.29 is 17.9 Å². The highest BCUT2D eigenvalue weighted by molar-refractivity contribution is 9.11. The van der Waals surface area contributed by atoms with Crippen LogP contribution in [-0.4, -0.2) is 6.61 Å². The summed E-state index contributed by atoms with van der Waals surface area (Å²) in [5.74, 6) is 0.421. The normalized spacial score (nSPS) is 13.8. The SMILES string of the molecule is CCC(C=CBr)COc1cccc(C(F)(F)F)c1. The summed E-state index contributed by atoms with van der Waals surface area (Å²) < 4.78 is 42.8. The van der Waals surface area contributed by atoms with Gasteiger partial charge < -0.3 is 4.74 Å². The van der Waals surface area contributed by atoms with Crippen molar-refractivity contribution >= 4 is 15.9 Å². The van der Waals surface area contributed by atoms with E-state index >= 15 is 0 Å². The van der Waals surface area contributed by atoms with E-state index in [1.165, 1.54) is 12.1 Å². The Morgan fingerprint density at radius 1 is 1.39 bits per heavy atom. The number of benzene rings is 1. The monoisotopic (exact) mass is 322 g/mol. The molecule has 0 aliphatic carbocycles. The zero-order valence-electron chi connectivity index (χ0n) is 9.88. The molecule has 0 amide bonds. The van der Waals surface area contributed by atoms with Crippen molar-refractivity contribution in [3.8, 4) is 5.75 Å². The van der Waals surface area contributed by atoms with Crippen LogP contribution in [0.5, 0.6) is 5.75 Å². The highest BCUT2D eigenvalue weighted by atomic mass is 79.9. The van der Waals surface area contributed by atoms with Crippen LogP contribution in [0.25, 0.3) is 0 Å². The molecule has 0 radical (unpaired) electrons. The molecule has 1 nitrogen and oxygen atoms in total. The Balaban J connectivity index is 2.68. The lowest BCUT2D eigenvalue weighted by Crippen LogP contribution is -2.10. The summed E-state index contributed by atoms with van der Waals surface area (Å²) >= 11 is 3.17. The molecular formula is C13H14BrF3O. The van der Waals surface area contributed by atoms with Crippen LogP contribution in [0.1, 0.15) is 18.9 Å². The van der Waals surface area contributed by atoms with Gasteiger partial charge in [0.15, 0.2) is 0 Å². The third-order valence-electron chi connectivity index (χ3n) is 2.49. The fourth-order valence-corrected chi connectivity index (χ4v) is 1.81. The topological polar surface area (TPSA) is 9.23 Å². The van der Waals surface area contributed by atoms with Crippen LogP contribution in [0.3, 0.4) is 0 Å². The molecule has 0 aliphatic heterocycles. The molecule has 0 bridgehead atoms. The van der Waals surface area contributed by atoms with E-state index in [1.54, 1.807) is 4.99 Å². The molecular weight excluding hydrogens is 309 g/mol. The molecule has 1 atom stereocenters. The van der Waals surface area contributed by atoms with Gasteiger partial charge in [0.2, 0.25) is 0 Å². The summed E-state index contributed by atoms with van der Waals surface area (Å²) in [6, 6.07) is 4.92. The molecule has 0 heterocycles. The van der Waals surface area contributed by atoms with Crippen LogP contribution in [0, 0.1) is 5.92 Å². The first kappa shape index (κ1) is 15.1. The second kappa shape index (κ2) is 6.83. The average Bonchev–Trinajstić information content (AvgIpc) is 2.34. The molecule has 0 N–H and O–H groups in total. The van der Waals surface area contributed by atoms with Gasteiger partial charge in [-0.2, -0.15) is 13.2 Å². The van der Waals surface area contributed by atoms with Crippen molar-refractivity contribution in [2.45, 2.75) is 19.5 Å². The fraction of sp³-hybridized carbons (Fsp3) is 0.385. The smallest absolute Gasteiger partial charge is 0.416 e. The first-order chi connectivity index (χ1) is 8.47. The van der Waals surface area contributed by atoms with Crippen LogP contribution < -0.4 is 4.74 Å². The maximum Gasteiger partial charge on any atom is 0.416 e. The molecule has 1 aromatic rings. The van der Waals surface area contributed by atoms with Gasteiger partial charge in [-0.25, -0.2) is 0 Å². The number of hydrogen-bond donors (Lipinski definition) is 0. The summed E-state index contributed by atoms with van der Waals surface area (Å²) in [7, 11) is 0. The summed E-state index contributed by atoms with van der Waals surface area (Å²) in [6.07, 6.45) is -1.56. The predicted molar refractivity (Wildman–Crippen MR) is 68.8 cm³/mol. The molecule has 0 spiro atoms. The Kier molecular flexibility index (Phi) is 5.72. The Morgan fingerprint density at radius 2 is 2.11 bits per heavy atom. The lowest BCUT2D eigenvalue weighted by molar-refractivity contribution is -0.137. The van der Waals surface area contributed by atoms with Gasteiger partial charge in [-0.05, 0) is 29.6 Å². The van der Waals surface area contributed by atoms with E-state index in [0.29, 0.717) is 6.61 Å². The van der Waals surface area contributed by atoms with Crippen LogP contribution in [0.15, 0.2) is 35.3 Å². The van der Waals surface area contributed by atoms with Gasteiger partial charge in [-0.1, -0.05) is 35.0 Å². The zero-order chi connectivity index (χ0) is 13.6. The third-order valence-corrected chi connectivity index (χ3v) is 2.80. The minimum Gasteiger partial charge on any atom is -0.493 e. The Bertz CT molecular complexity index is 401. The van der Waals surface area contributed by atoms with Gasteiger partial charge in [-0.3, -0.25) is 0 Å². The van der Waals surface area contributed by atoms with Crippen molar-refractivity contribution in [2.24, 2.45) is 5.92 Å². The van der Waals surface area contributed by atoms with Gasteiger partial charge >= 0.3 is 6.18 Å². The quantitative estimate of drug-likeness (QED) is 0.739. The molecule has 5 heteroatoms. The molecule has 100 valence electrons. The van der Waals surface area contributed by atoms with Crippen LogP contribution in [0.2, 0.25) is 0 Å². The Hall–Kier alpha value is -0.970. The molecule has 0 aromatic heterocycles. The van der Waals surface area contributed by atoms with E-state index in [2.05, 4.69) is 15.9 Å².